The summed E-state index contributed by atoms with van der Waals surface area (Å²) in [5, 5.41) is 9.38. The molecule has 0 bridgehead atoms. The largest absolute Gasteiger partial charge is 0.478 e. The molecule has 0 radical (unpaired) electrons. The van der Waals surface area contributed by atoms with Gasteiger partial charge in [0.2, 0.25) is 0 Å². The molecule has 1 aliphatic heterocycles. The normalized spacial score (nSPS) is 15.8. The summed E-state index contributed by atoms with van der Waals surface area (Å²) in [6.07, 6.45) is 0. The highest BCUT2D eigenvalue weighted by Gasteiger charge is 2.29. The molecule has 1 atom stereocenters. The highest BCUT2D eigenvalue weighted by Crippen LogP contribution is 2.32. The van der Waals surface area contributed by atoms with Gasteiger partial charge in [0.15, 0.2) is 0 Å². The van der Waals surface area contributed by atoms with Crippen molar-refractivity contribution >= 4 is 29.2 Å². The lowest BCUT2D eigenvalue weighted by atomic mass is 10.2. The van der Waals surface area contributed by atoms with Gasteiger partial charge in [0, 0.05) is 23.7 Å². The van der Waals surface area contributed by atoms with Crippen LogP contribution in [0.15, 0.2) is 59.5 Å². The van der Waals surface area contributed by atoms with Crippen molar-refractivity contribution in [2.24, 2.45) is 0 Å². The van der Waals surface area contributed by atoms with Crippen molar-refractivity contribution in [2.75, 3.05) is 37.7 Å². The minimum atomic E-state index is -0.983. The SMILES string of the molecule is CC(=O)CN(c1cccc(C(=O)O)c1)C(Sc1ccccc1)N1CCOCC1. The standard InChI is InChI=1S/C21H24N2O4S/c1-16(24)15-23(18-7-5-6-17(14-18)20(25)26)21(22-10-12-27-13-11-22)28-19-8-3-2-4-9-19/h2-9,14,21H,10-13,15H2,1H3,(H,25,26). The summed E-state index contributed by atoms with van der Waals surface area (Å²) < 4.78 is 5.50. The molecule has 1 N–H and O–H groups in total. The van der Waals surface area contributed by atoms with Crippen LogP contribution in [0.5, 0.6) is 0 Å². The Morgan fingerprint density at radius 2 is 1.86 bits per heavy atom. The zero-order valence-corrected chi connectivity index (χ0v) is 16.6. The van der Waals surface area contributed by atoms with Crippen LogP contribution in [-0.2, 0) is 9.53 Å². The Kier molecular flexibility index (Phi) is 7.08. The molecule has 0 spiro atoms. The number of Topliss-reactive ketones (excluding diaryl/α,β-unsaturated/α-hetero) is 1. The fourth-order valence-electron chi connectivity index (χ4n) is 3.11. The molecule has 0 saturated carbocycles. The van der Waals surface area contributed by atoms with Gasteiger partial charge in [-0.3, -0.25) is 9.69 Å². The summed E-state index contributed by atoms with van der Waals surface area (Å²) in [5.74, 6) is -0.962. The van der Waals surface area contributed by atoms with Gasteiger partial charge in [-0.05, 0) is 37.3 Å². The van der Waals surface area contributed by atoms with Gasteiger partial charge in [0.05, 0.1) is 25.3 Å². The molecule has 148 valence electrons. The second-order valence-corrected chi connectivity index (χ2v) is 7.72. The molecule has 7 heteroatoms. The molecule has 3 rings (SSSR count). The number of carboxylic acids is 1. The lowest BCUT2D eigenvalue weighted by Gasteiger charge is -2.41. The number of nitrogens with zero attached hydrogens (tertiary/aromatic N) is 2. The number of hydrogen-bond donors (Lipinski definition) is 1. The maximum Gasteiger partial charge on any atom is 0.335 e. The average Bonchev–Trinajstić information content (AvgIpc) is 2.72. The van der Waals surface area contributed by atoms with Crippen molar-refractivity contribution in [3.63, 3.8) is 0 Å². The molecule has 1 saturated heterocycles. The fraction of sp³-hybridized carbons (Fsp3) is 0.333. The van der Waals surface area contributed by atoms with Gasteiger partial charge in [-0.15, -0.1) is 0 Å². The number of aromatic carboxylic acids is 1. The van der Waals surface area contributed by atoms with E-state index < -0.39 is 5.97 Å². The van der Waals surface area contributed by atoms with Crippen LogP contribution in [0.4, 0.5) is 5.69 Å². The van der Waals surface area contributed by atoms with Crippen molar-refractivity contribution < 1.29 is 19.4 Å². The molecule has 1 heterocycles. The van der Waals surface area contributed by atoms with Gasteiger partial charge in [0.25, 0.3) is 0 Å². The summed E-state index contributed by atoms with van der Waals surface area (Å²) in [7, 11) is 0. The van der Waals surface area contributed by atoms with Gasteiger partial charge in [-0.25, -0.2) is 4.79 Å². The number of morpholine rings is 1. The highest BCUT2D eigenvalue weighted by molar-refractivity contribution is 8.00. The number of ether oxygens (including phenoxy) is 1. The van der Waals surface area contributed by atoms with E-state index in [0.29, 0.717) is 13.2 Å². The molecule has 2 aromatic carbocycles. The van der Waals surface area contributed by atoms with E-state index in [0.717, 1.165) is 23.7 Å². The first-order chi connectivity index (χ1) is 13.5. The number of carbonyl (C=O) groups excluding carboxylic acids is 1. The maximum atomic E-state index is 12.1. The van der Waals surface area contributed by atoms with Gasteiger partial charge >= 0.3 is 5.97 Å². The minimum absolute atomic E-state index is 0.0210. The van der Waals surface area contributed by atoms with E-state index >= 15 is 0 Å². The van der Waals surface area contributed by atoms with Crippen LogP contribution in [0.3, 0.4) is 0 Å². The molecule has 1 unspecified atom stereocenters. The van der Waals surface area contributed by atoms with Gasteiger partial charge in [-0.1, -0.05) is 36.0 Å². The van der Waals surface area contributed by atoms with E-state index in [1.807, 2.05) is 41.3 Å². The number of rotatable bonds is 8. The molecular weight excluding hydrogens is 376 g/mol. The first-order valence-corrected chi connectivity index (χ1v) is 10.1. The summed E-state index contributed by atoms with van der Waals surface area (Å²) in [6.45, 7) is 4.52. The van der Waals surface area contributed by atoms with E-state index in [1.54, 1.807) is 36.9 Å². The van der Waals surface area contributed by atoms with Crippen LogP contribution in [-0.4, -0.2) is 60.1 Å². The third-order valence-electron chi connectivity index (χ3n) is 4.43. The molecule has 0 amide bonds. The first kappa shape index (κ1) is 20.4. The Bertz CT molecular complexity index is 809. The number of hydrogen-bond acceptors (Lipinski definition) is 6. The number of anilines is 1. The molecule has 1 aliphatic rings. The lowest BCUT2D eigenvalue weighted by Crippen LogP contribution is -2.52. The fourth-order valence-corrected chi connectivity index (χ4v) is 4.35. The predicted molar refractivity (Wildman–Crippen MR) is 110 cm³/mol. The number of thioether (sulfide) groups is 1. The van der Waals surface area contributed by atoms with Crippen molar-refractivity contribution in [3.8, 4) is 0 Å². The average molecular weight is 401 g/mol. The first-order valence-electron chi connectivity index (χ1n) is 9.17. The Hall–Kier alpha value is -2.35. The second kappa shape index (κ2) is 9.73. The van der Waals surface area contributed by atoms with Crippen LogP contribution in [0, 0.1) is 0 Å². The van der Waals surface area contributed by atoms with Crippen molar-refractivity contribution in [2.45, 2.75) is 17.3 Å². The number of carbonyl (C=O) groups is 2. The zero-order valence-electron chi connectivity index (χ0n) is 15.8. The minimum Gasteiger partial charge on any atom is -0.478 e. The second-order valence-electron chi connectivity index (χ2n) is 6.59. The zero-order chi connectivity index (χ0) is 19.9. The molecule has 1 fully saturated rings. The Labute approximate surface area is 169 Å². The molecular formula is C21H24N2O4S. The summed E-state index contributed by atoms with van der Waals surface area (Å²) in [5.41, 5.74) is 0.769. The van der Waals surface area contributed by atoms with Gasteiger partial charge in [-0.2, -0.15) is 0 Å². The van der Waals surface area contributed by atoms with Crippen LogP contribution in [0.25, 0.3) is 0 Å². The summed E-state index contributed by atoms with van der Waals surface area (Å²) >= 11 is 1.65. The van der Waals surface area contributed by atoms with E-state index in [1.165, 1.54) is 0 Å². The van der Waals surface area contributed by atoms with E-state index in [9.17, 15) is 14.7 Å². The van der Waals surface area contributed by atoms with Crippen molar-refractivity contribution in [3.05, 3.63) is 60.2 Å². The molecule has 0 aliphatic carbocycles. The molecule has 0 aromatic heterocycles. The smallest absolute Gasteiger partial charge is 0.335 e. The van der Waals surface area contributed by atoms with Crippen LogP contribution in [0.2, 0.25) is 0 Å². The molecule has 2 aromatic rings. The Balaban J connectivity index is 1.98. The topological polar surface area (TPSA) is 70.1 Å². The summed E-state index contributed by atoms with van der Waals surface area (Å²) in [4.78, 5) is 28.9. The quantitative estimate of drug-likeness (QED) is 0.539. The number of ketones is 1. The molecule has 28 heavy (non-hydrogen) atoms. The van der Waals surface area contributed by atoms with E-state index in [4.69, 9.17) is 4.74 Å². The number of benzene rings is 2. The Morgan fingerprint density at radius 3 is 2.50 bits per heavy atom. The predicted octanol–water partition coefficient (Wildman–Crippen LogP) is 3.19. The Morgan fingerprint density at radius 1 is 1.14 bits per heavy atom. The van der Waals surface area contributed by atoms with Crippen LogP contribution >= 0.6 is 11.8 Å². The van der Waals surface area contributed by atoms with Gasteiger partial charge < -0.3 is 14.7 Å². The third-order valence-corrected chi connectivity index (χ3v) is 5.73. The van der Waals surface area contributed by atoms with E-state index in [-0.39, 0.29) is 23.4 Å². The van der Waals surface area contributed by atoms with Gasteiger partial charge in [0.1, 0.15) is 11.3 Å². The molecule has 6 nitrogen and oxygen atoms in total. The van der Waals surface area contributed by atoms with Crippen LogP contribution in [0.1, 0.15) is 17.3 Å². The highest BCUT2D eigenvalue weighted by atomic mass is 32.2. The van der Waals surface area contributed by atoms with Crippen molar-refractivity contribution in [1.82, 2.24) is 4.90 Å². The summed E-state index contributed by atoms with van der Waals surface area (Å²) in [6, 6.07) is 16.8. The van der Waals surface area contributed by atoms with Crippen LogP contribution < -0.4 is 4.90 Å². The maximum absolute atomic E-state index is 12.1. The monoisotopic (exact) mass is 400 g/mol. The van der Waals surface area contributed by atoms with E-state index in [2.05, 4.69) is 4.90 Å². The third kappa shape index (κ3) is 5.34. The lowest BCUT2D eigenvalue weighted by molar-refractivity contribution is -0.115. The number of carboxylic acid groups (broad SMARTS) is 1. The van der Waals surface area contributed by atoms with Crippen molar-refractivity contribution in [1.29, 1.82) is 0 Å².